The third-order valence-corrected chi connectivity index (χ3v) is 4.00. The van der Waals surface area contributed by atoms with E-state index in [1.165, 1.54) is 7.11 Å². The standard InChI is InChI=1S/C18H25N3O3/c1-5-10-21(3)11-14-15(17(22)24-4)16(20-18(23)19-14)13-8-6-12(2)7-9-13/h6-9,16H,5,10-11H2,1-4H3,(H2,19,20,23)/t16-/m1/s1. The number of methoxy groups -OCH3 is 1. The van der Waals surface area contributed by atoms with E-state index in [0.29, 0.717) is 17.8 Å². The molecule has 0 unspecified atom stereocenters. The molecule has 0 saturated carbocycles. The Morgan fingerprint density at radius 1 is 1.29 bits per heavy atom. The summed E-state index contributed by atoms with van der Waals surface area (Å²) in [6.07, 6.45) is 0.991. The number of carbonyl (C=O) groups excluding carboxylic acids is 2. The van der Waals surface area contributed by atoms with Gasteiger partial charge in [0.1, 0.15) is 0 Å². The summed E-state index contributed by atoms with van der Waals surface area (Å²) in [4.78, 5) is 26.5. The number of ether oxygens (including phenoxy) is 1. The van der Waals surface area contributed by atoms with E-state index in [4.69, 9.17) is 4.74 Å². The Balaban J connectivity index is 2.44. The van der Waals surface area contributed by atoms with Crippen LogP contribution in [0.3, 0.4) is 0 Å². The lowest BCUT2D eigenvalue weighted by atomic mass is 9.94. The lowest BCUT2D eigenvalue weighted by Gasteiger charge is -2.31. The maximum Gasteiger partial charge on any atom is 0.338 e. The van der Waals surface area contributed by atoms with Crippen LogP contribution in [0.2, 0.25) is 0 Å². The smallest absolute Gasteiger partial charge is 0.338 e. The van der Waals surface area contributed by atoms with Gasteiger partial charge in [0.15, 0.2) is 0 Å². The quantitative estimate of drug-likeness (QED) is 0.783. The highest BCUT2D eigenvalue weighted by atomic mass is 16.5. The molecule has 1 atom stereocenters. The first kappa shape index (κ1) is 18.0. The third kappa shape index (κ3) is 4.14. The molecule has 130 valence electrons. The van der Waals surface area contributed by atoms with Crippen LogP contribution in [0.1, 0.15) is 30.5 Å². The van der Waals surface area contributed by atoms with Crippen molar-refractivity contribution < 1.29 is 14.3 Å². The van der Waals surface area contributed by atoms with Crippen molar-refractivity contribution in [2.75, 3.05) is 27.2 Å². The molecule has 2 N–H and O–H groups in total. The molecule has 0 aromatic heterocycles. The van der Waals surface area contributed by atoms with Gasteiger partial charge < -0.3 is 20.3 Å². The number of likely N-dealkylation sites (N-methyl/N-ethyl adjacent to an activating group) is 1. The SMILES string of the molecule is CCCN(C)CC1=C(C(=O)OC)[C@@H](c2ccc(C)cc2)NC(=O)N1. The number of hydrogen-bond acceptors (Lipinski definition) is 4. The van der Waals surface area contributed by atoms with Crippen LogP contribution in [0.15, 0.2) is 35.5 Å². The molecule has 0 radical (unpaired) electrons. The van der Waals surface area contributed by atoms with Crippen LogP contribution in [0.25, 0.3) is 0 Å². The number of aryl methyl sites for hydroxylation is 1. The first-order valence-corrected chi connectivity index (χ1v) is 8.10. The number of hydrogen-bond donors (Lipinski definition) is 2. The molecule has 24 heavy (non-hydrogen) atoms. The van der Waals surface area contributed by atoms with Crippen molar-refractivity contribution in [1.29, 1.82) is 0 Å². The van der Waals surface area contributed by atoms with Gasteiger partial charge in [-0.15, -0.1) is 0 Å². The molecule has 0 spiro atoms. The molecular formula is C18H25N3O3. The summed E-state index contributed by atoms with van der Waals surface area (Å²) in [5.74, 6) is -0.437. The number of esters is 1. The molecule has 2 amide bonds. The highest BCUT2D eigenvalue weighted by Gasteiger charge is 2.33. The predicted molar refractivity (Wildman–Crippen MR) is 92.4 cm³/mol. The van der Waals surface area contributed by atoms with Gasteiger partial charge in [-0.1, -0.05) is 36.8 Å². The topological polar surface area (TPSA) is 70.7 Å². The Morgan fingerprint density at radius 3 is 2.54 bits per heavy atom. The Labute approximate surface area is 142 Å². The molecule has 0 saturated heterocycles. The van der Waals surface area contributed by atoms with E-state index < -0.39 is 12.0 Å². The normalized spacial score (nSPS) is 17.5. The van der Waals surface area contributed by atoms with Crippen LogP contribution in [-0.4, -0.2) is 44.1 Å². The number of nitrogens with one attached hydrogen (secondary N) is 2. The first-order valence-electron chi connectivity index (χ1n) is 8.10. The van der Waals surface area contributed by atoms with E-state index in [9.17, 15) is 9.59 Å². The van der Waals surface area contributed by atoms with Crippen LogP contribution >= 0.6 is 0 Å². The van der Waals surface area contributed by atoms with Gasteiger partial charge in [-0.25, -0.2) is 9.59 Å². The van der Waals surface area contributed by atoms with Gasteiger partial charge >= 0.3 is 12.0 Å². The van der Waals surface area contributed by atoms with Gasteiger partial charge in [-0.05, 0) is 32.5 Å². The summed E-state index contributed by atoms with van der Waals surface area (Å²) in [6.45, 7) is 5.43. The van der Waals surface area contributed by atoms with E-state index in [-0.39, 0.29) is 6.03 Å². The number of rotatable bonds is 6. The molecule has 1 heterocycles. The van der Waals surface area contributed by atoms with Crippen LogP contribution in [-0.2, 0) is 9.53 Å². The van der Waals surface area contributed by atoms with Gasteiger partial charge in [-0.2, -0.15) is 0 Å². The molecule has 0 aliphatic carbocycles. The van der Waals surface area contributed by atoms with Crippen molar-refractivity contribution in [1.82, 2.24) is 15.5 Å². The number of amides is 2. The summed E-state index contributed by atoms with van der Waals surface area (Å²) in [5, 5.41) is 5.59. The summed E-state index contributed by atoms with van der Waals surface area (Å²) in [6, 6.07) is 6.93. The fraction of sp³-hybridized carbons (Fsp3) is 0.444. The maximum atomic E-state index is 12.4. The first-order chi connectivity index (χ1) is 11.5. The van der Waals surface area contributed by atoms with Crippen molar-refractivity contribution in [3.8, 4) is 0 Å². The van der Waals surface area contributed by atoms with Crippen LogP contribution in [0.5, 0.6) is 0 Å². The number of benzene rings is 1. The molecule has 6 heteroatoms. The second kappa shape index (κ2) is 7.97. The molecule has 1 aliphatic rings. The fourth-order valence-corrected chi connectivity index (χ4v) is 2.83. The van der Waals surface area contributed by atoms with Crippen LogP contribution in [0, 0.1) is 6.92 Å². The zero-order valence-corrected chi connectivity index (χ0v) is 14.7. The van der Waals surface area contributed by atoms with Gasteiger partial charge in [-0.3, -0.25) is 0 Å². The molecule has 1 aliphatic heterocycles. The maximum absolute atomic E-state index is 12.4. The van der Waals surface area contributed by atoms with Crippen LogP contribution < -0.4 is 10.6 Å². The second-order valence-corrected chi connectivity index (χ2v) is 6.06. The van der Waals surface area contributed by atoms with E-state index in [1.807, 2.05) is 38.2 Å². The molecule has 1 aromatic carbocycles. The molecular weight excluding hydrogens is 306 g/mol. The van der Waals surface area contributed by atoms with Crippen molar-refractivity contribution in [3.63, 3.8) is 0 Å². The highest BCUT2D eigenvalue weighted by Crippen LogP contribution is 2.28. The zero-order valence-electron chi connectivity index (χ0n) is 14.7. The average Bonchev–Trinajstić information content (AvgIpc) is 2.54. The lowest BCUT2D eigenvalue weighted by Crippen LogP contribution is -2.48. The fourth-order valence-electron chi connectivity index (χ4n) is 2.83. The summed E-state index contributed by atoms with van der Waals surface area (Å²) in [5.41, 5.74) is 3.01. The summed E-state index contributed by atoms with van der Waals surface area (Å²) in [7, 11) is 3.31. The monoisotopic (exact) mass is 331 g/mol. The highest BCUT2D eigenvalue weighted by molar-refractivity contribution is 5.95. The Bertz CT molecular complexity index is 637. The minimum Gasteiger partial charge on any atom is -0.466 e. The summed E-state index contributed by atoms with van der Waals surface area (Å²) >= 11 is 0. The molecule has 0 bridgehead atoms. The van der Waals surface area contributed by atoms with E-state index in [2.05, 4.69) is 22.5 Å². The predicted octanol–water partition coefficient (Wildman–Crippen LogP) is 2.12. The van der Waals surface area contributed by atoms with Crippen molar-refractivity contribution in [2.45, 2.75) is 26.3 Å². The lowest BCUT2D eigenvalue weighted by molar-refractivity contribution is -0.136. The number of urea groups is 1. The third-order valence-electron chi connectivity index (χ3n) is 4.00. The zero-order chi connectivity index (χ0) is 17.7. The Hall–Kier alpha value is -2.34. The average molecular weight is 331 g/mol. The van der Waals surface area contributed by atoms with Crippen molar-refractivity contribution in [3.05, 3.63) is 46.7 Å². The largest absolute Gasteiger partial charge is 0.466 e. The van der Waals surface area contributed by atoms with E-state index in [1.54, 1.807) is 0 Å². The number of nitrogens with zero attached hydrogens (tertiary/aromatic N) is 1. The molecule has 1 aromatic rings. The van der Waals surface area contributed by atoms with Crippen LogP contribution in [0.4, 0.5) is 4.79 Å². The molecule has 2 rings (SSSR count). The van der Waals surface area contributed by atoms with Gasteiger partial charge in [0, 0.05) is 12.2 Å². The van der Waals surface area contributed by atoms with E-state index >= 15 is 0 Å². The van der Waals surface area contributed by atoms with E-state index in [0.717, 1.165) is 24.1 Å². The van der Waals surface area contributed by atoms with Gasteiger partial charge in [0.25, 0.3) is 0 Å². The van der Waals surface area contributed by atoms with Crippen molar-refractivity contribution >= 4 is 12.0 Å². The van der Waals surface area contributed by atoms with Gasteiger partial charge in [0.05, 0.1) is 18.7 Å². The van der Waals surface area contributed by atoms with Crippen molar-refractivity contribution in [2.24, 2.45) is 0 Å². The minimum absolute atomic E-state index is 0.312. The molecule has 6 nitrogen and oxygen atoms in total. The number of carbonyl (C=O) groups is 2. The minimum atomic E-state index is -0.517. The van der Waals surface area contributed by atoms with Gasteiger partial charge in [0.2, 0.25) is 0 Å². The summed E-state index contributed by atoms with van der Waals surface area (Å²) < 4.78 is 4.97. The Morgan fingerprint density at radius 2 is 1.96 bits per heavy atom. The molecule has 0 fully saturated rings. The Kier molecular flexibility index (Phi) is 5.98. The second-order valence-electron chi connectivity index (χ2n) is 6.06.